The van der Waals surface area contributed by atoms with Crippen molar-refractivity contribution in [2.24, 2.45) is 5.73 Å². The highest BCUT2D eigenvalue weighted by atomic mass is 16.5. The number of aromatic amines is 1. The van der Waals surface area contributed by atoms with Crippen LogP contribution in [0.2, 0.25) is 0 Å². The van der Waals surface area contributed by atoms with Crippen molar-refractivity contribution in [1.29, 1.82) is 0 Å². The summed E-state index contributed by atoms with van der Waals surface area (Å²) in [4.78, 5) is 52.3. The molecule has 1 unspecified atom stereocenters. The van der Waals surface area contributed by atoms with Gasteiger partial charge < -0.3 is 36.0 Å². The number of nitrogens with one attached hydrogen (secondary N) is 2. The van der Waals surface area contributed by atoms with Gasteiger partial charge in [-0.1, -0.05) is 90.4 Å². The predicted octanol–water partition coefficient (Wildman–Crippen LogP) is 2.68. The fourth-order valence-corrected chi connectivity index (χ4v) is 5.45. The summed E-state index contributed by atoms with van der Waals surface area (Å²) < 4.78 is 6.52. The molecule has 0 radical (unpaired) electrons. The molecule has 0 spiro atoms. The maximum Gasteiger partial charge on any atom is 0.331 e. The molecule has 250 valence electrons. The van der Waals surface area contributed by atoms with Gasteiger partial charge in [0, 0.05) is 38.7 Å². The first-order valence-corrected chi connectivity index (χ1v) is 16.1. The first kappa shape index (κ1) is 37.0. The topological polar surface area (TPSA) is 200 Å². The van der Waals surface area contributed by atoms with Crippen molar-refractivity contribution in [3.05, 3.63) is 44.6 Å². The number of nitrogens with zero attached hydrogens (tertiary/aromatic N) is 2. The molecule has 1 aliphatic rings. The largest absolute Gasteiger partial charge is 0.506 e. The van der Waals surface area contributed by atoms with Crippen LogP contribution in [0.25, 0.3) is 0 Å². The van der Waals surface area contributed by atoms with Gasteiger partial charge in [-0.2, -0.15) is 0 Å². The second-order valence-electron chi connectivity index (χ2n) is 11.5. The summed E-state index contributed by atoms with van der Waals surface area (Å²) in [5.41, 5.74) is 4.07. The average molecular weight is 624 g/mol. The lowest BCUT2D eigenvalue weighted by Gasteiger charge is -2.33. The summed E-state index contributed by atoms with van der Waals surface area (Å²) in [6, 6.07) is -0.275. The molecule has 0 saturated carbocycles. The number of aliphatic hydroxyl groups is 3. The number of amides is 2. The smallest absolute Gasteiger partial charge is 0.331 e. The number of carbonyl (C=O) groups is 2. The van der Waals surface area contributed by atoms with Gasteiger partial charge in [-0.3, -0.25) is 23.9 Å². The first-order valence-electron chi connectivity index (χ1n) is 16.1. The molecule has 1 aromatic heterocycles. The minimum Gasteiger partial charge on any atom is -0.506 e. The van der Waals surface area contributed by atoms with E-state index in [1.54, 1.807) is 0 Å². The summed E-state index contributed by atoms with van der Waals surface area (Å²) in [5, 5.41) is 34.4. The van der Waals surface area contributed by atoms with Crippen molar-refractivity contribution >= 4 is 11.8 Å². The van der Waals surface area contributed by atoms with Gasteiger partial charge in [0.1, 0.15) is 18.0 Å². The number of hydrogen-bond acceptors (Lipinski definition) is 9. The van der Waals surface area contributed by atoms with Crippen molar-refractivity contribution in [3.63, 3.8) is 0 Å². The molecule has 4 atom stereocenters. The van der Waals surface area contributed by atoms with E-state index in [0.29, 0.717) is 6.54 Å². The number of carbonyl (C=O) groups excluding carboxylic acids is 2. The van der Waals surface area contributed by atoms with Crippen LogP contribution in [0.15, 0.2) is 33.4 Å². The Morgan fingerprint density at radius 1 is 1.02 bits per heavy atom. The predicted molar refractivity (Wildman–Crippen MR) is 166 cm³/mol. The van der Waals surface area contributed by atoms with Crippen LogP contribution in [0.4, 0.5) is 0 Å². The Balaban J connectivity index is 1.86. The third-order valence-electron chi connectivity index (χ3n) is 7.97. The van der Waals surface area contributed by atoms with Crippen molar-refractivity contribution in [2.45, 2.75) is 135 Å². The molecule has 1 aromatic rings. The lowest BCUT2D eigenvalue weighted by atomic mass is 10.0. The van der Waals surface area contributed by atoms with Gasteiger partial charge in [0.15, 0.2) is 11.9 Å². The summed E-state index contributed by atoms with van der Waals surface area (Å²) in [5.74, 6) is -2.10. The number of aliphatic hydroxyl groups excluding tert-OH is 3. The van der Waals surface area contributed by atoms with Gasteiger partial charge >= 0.3 is 5.69 Å². The molecule has 13 nitrogen and oxygen atoms in total. The molecule has 44 heavy (non-hydrogen) atoms. The van der Waals surface area contributed by atoms with Crippen LogP contribution in [0.5, 0.6) is 0 Å². The van der Waals surface area contributed by atoms with Crippen LogP contribution in [0, 0.1) is 0 Å². The molecule has 0 fully saturated rings. The molecule has 0 bridgehead atoms. The third kappa shape index (κ3) is 11.7. The minimum atomic E-state index is -1.68. The number of nitrogens with two attached hydrogens (primary N) is 1. The van der Waals surface area contributed by atoms with Gasteiger partial charge in [-0.05, 0) is 6.42 Å². The van der Waals surface area contributed by atoms with E-state index in [1.807, 2.05) is 4.98 Å². The Bertz CT molecular complexity index is 1170. The van der Waals surface area contributed by atoms with Crippen LogP contribution in [-0.4, -0.2) is 73.0 Å². The zero-order valence-electron chi connectivity index (χ0n) is 26.3. The number of aromatic nitrogens is 2. The van der Waals surface area contributed by atoms with Gasteiger partial charge in [-0.15, -0.1) is 0 Å². The van der Waals surface area contributed by atoms with Gasteiger partial charge in [-0.25, -0.2) is 4.79 Å². The molecule has 2 amide bonds. The summed E-state index contributed by atoms with van der Waals surface area (Å²) >= 11 is 0. The Morgan fingerprint density at radius 2 is 1.57 bits per heavy atom. The molecule has 0 aromatic carbocycles. The Hall–Kier alpha value is -3.16. The van der Waals surface area contributed by atoms with E-state index in [9.17, 15) is 34.5 Å². The van der Waals surface area contributed by atoms with E-state index in [4.69, 9.17) is 10.5 Å². The van der Waals surface area contributed by atoms with Crippen LogP contribution in [-0.2, 0) is 14.3 Å². The van der Waals surface area contributed by atoms with Crippen molar-refractivity contribution < 1.29 is 29.6 Å². The van der Waals surface area contributed by atoms with E-state index < -0.39 is 59.8 Å². The number of ether oxygens (including phenoxy) is 1. The molecule has 2 heterocycles. The summed E-state index contributed by atoms with van der Waals surface area (Å²) in [7, 11) is 0. The number of hydrogen-bond donors (Lipinski definition) is 6. The van der Waals surface area contributed by atoms with E-state index in [1.165, 1.54) is 71.1 Å². The summed E-state index contributed by atoms with van der Waals surface area (Å²) in [6.07, 6.45) is 13.0. The van der Waals surface area contributed by atoms with Crippen LogP contribution in [0.1, 0.15) is 116 Å². The molecule has 1 aliphatic heterocycles. The second kappa shape index (κ2) is 20.0. The molecule has 2 rings (SSSR count). The number of unbranched alkanes of at least 4 members (excludes halogenated alkanes) is 13. The van der Waals surface area contributed by atoms with Crippen molar-refractivity contribution in [3.8, 4) is 0 Å². The van der Waals surface area contributed by atoms with Crippen molar-refractivity contribution in [2.75, 3.05) is 13.1 Å². The molecular formula is C31H53N5O8. The Kier molecular flexibility index (Phi) is 16.8. The quantitative estimate of drug-likeness (QED) is 0.0830. The first-order chi connectivity index (χ1) is 21.1. The lowest BCUT2D eigenvalue weighted by molar-refractivity contribution is -0.150. The van der Waals surface area contributed by atoms with Crippen LogP contribution < -0.4 is 22.3 Å². The number of H-pyrrole nitrogens is 1. The molecule has 0 aliphatic carbocycles. The van der Waals surface area contributed by atoms with E-state index in [0.717, 1.165) is 47.4 Å². The minimum absolute atomic E-state index is 0.243. The third-order valence-corrected chi connectivity index (χ3v) is 7.97. The fraction of sp³-hybridized carbons (Fsp3) is 0.742. The Labute approximate surface area is 259 Å². The molecule has 13 heteroatoms. The summed E-state index contributed by atoms with van der Waals surface area (Å²) in [6.45, 7) is 3.42. The monoisotopic (exact) mass is 623 g/mol. The maximum atomic E-state index is 13.3. The highest BCUT2D eigenvalue weighted by molar-refractivity contribution is 5.87. The van der Waals surface area contributed by atoms with Gasteiger partial charge in [0.2, 0.25) is 18.0 Å². The highest BCUT2D eigenvalue weighted by Crippen LogP contribution is 2.33. The maximum absolute atomic E-state index is 13.3. The standard InChI is InChI=1S/C31H53N5O8/c1-3-4-5-6-7-8-9-10-11-12-13-14-15-16-18-33-29(42)23(36(22(2)37)26(39)21-32)20-24-27(40)28(41)30(44-24)35-19-17-25(38)34-31(35)43/h17,19,23,26,28,30,39-41H,3-16,18,20-21,32H2,1-2H3,(H,33,42)(H,34,38,43)/t23-,26+,28?,30+/m0/s1. The van der Waals surface area contributed by atoms with Crippen LogP contribution in [0.3, 0.4) is 0 Å². The van der Waals surface area contributed by atoms with E-state index >= 15 is 0 Å². The van der Waals surface area contributed by atoms with Crippen LogP contribution >= 0.6 is 0 Å². The SMILES string of the molecule is CCCCCCCCCCCCCCCCNC(=O)[C@H](CC1=C(O)C(O)[C@H](n2ccc(=O)[nH]c2=O)O1)N(C(C)=O)[C@H](O)CN. The fourth-order valence-electron chi connectivity index (χ4n) is 5.45. The molecule has 7 N–H and O–H groups in total. The second-order valence-corrected chi connectivity index (χ2v) is 11.5. The zero-order chi connectivity index (χ0) is 32.5. The zero-order valence-corrected chi connectivity index (χ0v) is 26.3. The Morgan fingerprint density at radius 3 is 2.07 bits per heavy atom. The van der Waals surface area contributed by atoms with E-state index in [-0.39, 0.29) is 12.3 Å². The average Bonchev–Trinajstić information content (AvgIpc) is 3.26. The van der Waals surface area contributed by atoms with Gasteiger partial charge in [0.25, 0.3) is 5.56 Å². The molecule has 0 saturated heterocycles. The lowest BCUT2D eigenvalue weighted by Crippen LogP contribution is -2.55. The molecular weight excluding hydrogens is 570 g/mol. The van der Waals surface area contributed by atoms with Gasteiger partial charge in [0.05, 0.1) is 0 Å². The highest BCUT2D eigenvalue weighted by Gasteiger charge is 2.41. The van der Waals surface area contributed by atoms with Crippen molar-refractivity contribution in [1.82, 2.24) is 19.8 Å². The van der Waals surface area contributed by atoms with E-state index in [2.05, 4.69) is 12.2 Å². The normalized spacial score (nSPS) is 17.8. The number of rotatable bonds is 22.